The van der Waals surface area contributed by atoms with E-state index in [1.165, 1.54) is 0 Å². The van der Waals surface area contributed by atoms with Crippen LogP contribution in [0.5, 0.6) is 0 Å². The van der Waals surface area contributed by atoms with Crippen LogP contribution in [0.15, 0.2) is 30.3 Å². The summed E-state index contributed by atoms with van der Waals surface area (Å²) in [7, 11) is -4.71. The highest BCUT2D eigenvalue weighted by molar-refractivity contribution is 7.87. The monoisotopic (exact) mass is 282 g/mol. The van der Waals surface area contributed by atoms with Crippen molar-refractivity contribution < 1.29 is 22.6 Å². The lowest BCUT2D eigenvalue weighted by Gasteiger charge is -2.06. The zero-order valence-corrected chi connectivity index (χ0v) is 10.3. The van der Waals surface area contributed by atoms with Gasteiger partial charge in [-0.3, -0.25) is 14.1 Å². The van der Waals surface area contributed by atoms with Crippen molar-refractivity contribution in [3.63, 3.8) is 0 Å². The van der Waals surface area contributed by atoms with Crippen molar-refractivity contribution in [1.29, 1.82) is 0 Å². The topological polar surface area (TPSA) is 127 Å². The second kappa shape index (κ2) is 4.48. The molecule has 0 aromatic heterocycles. The number of amides is 2. The molecule has 19 heavy (non-hydrogen) atoms. The predicted molar refractivity (Wildman–Crippen MR) is 67.6 cm³/mol. The molecule has 0 radical (unpaired) electrons. The van der Waals surface area contributed by atoms with Gasteiger partial charge in [-0.2, -0.15) is 8.42 Å². The molecular weight excluding hydrogens is 272 g/mol. The highest BCUT2D eigenvalue weighted by Gasteiger charge is 2.31. The molecule has 7 nitrogen and oxygen atoms in total. The van der Waals surface area contributed by atoms with Crippen molar-refractivity contribution >= 4 is 33.2 Å². The fourth-order valence-corrected chi connectivity index (χ4v) is 2.37. The Balaban J connectivity index is 2.55. The number of anilines is 1. The van der Waals surface area contributed by atoms with Crippen LogP contribution in [-0.4, -0.2) is 30.0 Å². The molecule has 1 aliphatic rings. The largest absolute Gasteiger partial charge is 0.368 e. The third-order valence-electron chi connectivity index (χ3n) is 2.63. The number of fused-ring (bicyclic) bond motifs is 1. The number of hydrogen-bond donors (Lipinski definition) is 3. The van der Waals surface area contributed by atoms with Gasteiger partial charge in [-0.25, -0.2) is 0 Å². The van der Waals surface area contributed by atoms with Gasteiger partial charge in [0, 0.05) is 16.8 Å². The van der Waals surface area contributed by atoms with E-state index < -0.39 is 27.2 Å². The molecule has 2 amide bonds. The zero-order valence-electron chi connectivity index (χ0n) is 9.53. The number of primary amides is 1. The van der Waals surface area contributed by atoms with E-state index in [1.807, 2.05) is 0 Å². The lowest BCUT2D eigenvalue weighted by atomic mass is 10.1. The molecule has 2 rings (SSSR count). The number of nitrogens with one attached hydrogen (secondary N) is 1. The molecule has 4 N–H and O–H groups in total. The Labute approximate surface area is 108 Å². The van der Waals surface area contributed by atoms with Gasteiger partial charge < -0.3 is 11.1 Å². The number of carbonyl (C=O) groups excluding carboxylic acids is 2. The van der Waals surface area contributed by atoms with Crippen LogP contribution in [0.2, 0.25) is 0 Å². The molecule has 0 spiro atoms. The number of carbonyl (C=O) groups is 2. The molecule has 1 aromatic rings. The number of rotatable bonds is 3. The van der Waals surface area contributed by atoms with E-state index in [-0.39, 0.29) is 5.57 Å². The fraction of sp³-hybridized carbons (Fsp3) is 0.0909. The minimum atomic E-state index is -4.71. The molecule has 1 unspecified atom stereocenters. The maximum atomic E-state index is 11.7. The number of para-hydroxylation sites is 1. The normalized spacial score (nSPS) is 17.9. The van der Waals surface area contributed by atoms with Gasteiger partial charge in [-0.15, -0.1) is 0 Å². The van der Waals surface area contributed by atoms with Crippen molar-refractivity contribution in [3.05, 3.63) is 35.9 Å². The average Bonchev–Trinajstić information content (AvgIpc) is 2.59. The quantitative estimate of drug-likeness (QED) is 0.521. The first-order valence-corrected chi connectivity index (χ1v) is 6.69. The zero-order chi connectivity index (χ0) is 14.2. The van der Waals surface area contributed by atoms with Crippen molar-refractivity contribution in [3.8, 4) is 0 Å². The highest BCUT2D eigenvalue weighted by Crippen LogP contribution is 2.31. The first-order valence-electron chi connectivity index (χ1n) is 5.19. The van der Waals surface area contributed by atoms with Crippen LogP contribution in [0.3, 0.4) is 0 Å². The van der Waals surface area contributed by atoms with Crippen molar-refractivity contribution in [2.45, 2.75) is 5.25 Å². The molecule has 0 aliphatic carbocycles. The minimum absolute atomic E-state index is 0.0166. The third kappa shape index (κ3) is 2.49. The standard InChI is InChI=1S/C11H10N2O5S/c12-10(14)9(19(16,17)18)5-7-6-3-1-2-4-8(6)13-11(7)15/h1-5,9H,(H2,12,14)(H,13,15)(H,16,17,18). The Bertz CT molecular complexity index is 693. The molecule has 0 saturated heterocycles. The minimum Gasteiger partial charge on any atom is -0.368 e. The summed E-state index contributed by atoms with van der Waals surface area (Å²) in [5.74, 6) is -1.82. The van der Waals surface area contributed by atoms with Crippen molar-refractivity contribution in [2.24, 2.45) is 5.73 Å². The third-order valence-corrected chi connectivity index (χ3v) is 3.64. The van der Waals surface area contributed by atoms with Crippen molar-refractivity contribution in [1.82, 2.24) is 0 Å². The van der Waals surface area contributed by atoms with Crippen LogP contribution in [0.1, 0.15) is 5.56 Å². The van der Waals surface area contributed by atoms with E-state index in [0.717, 1.165) is 6.08 Å². The SMILES string of the molecule is NC(=O)C(C=C1C(=O)Nc2ccccc21)S(=O)(=O)O. The Hall–Kier alpha value is -2.19. The van der Waals surface area contributed by atoms with Crippen LogP contribution in [0.4, 0.5) is 5.69 Å². The van der Waals surface area contributed by atoms with E-state index in [0.29, 0.717) is 11.3 Å². The second-order valence-electron chi connectivity index (χ2n) is 3.92. The summed E-state index contributed by atoms with van der Waals surface area (Å²) < 4.78 is 31.1. The number of nitrogens with two attached hydrogens (primary N) is 1. The van der Waals surface area contributed by atoms with Crippen molar-refractivity contribution in [2.75, 3.05) is 5.32 Å². The van der Waals surface area contributed by atoms with Gasteiger partial charge in [0.05, 0.1) is 0 Å². The molecule has 8 heteroatoms. The van der Waals surface area contributed by atoms with Gasteiger partial charge in [0.2, 0.25) is 5.91 Å². The summed E-state index contributed by atoms with van der Waals surface area (Å²) in [5, 5.41) is 0.549. The Kier molecular flexibility index (Phi) is 3.13. The summed E-state index contributed by atoms with van der Waals surface area (Å²) in [5.41, 5.74) is 5.84. The van der Waals surface area contributed by atoms with E-state index in [2.05, 4.69) is 5.32 Å². The first kappa shape index (κ1) is 13.2. The fourth-order valence-electron chi connectivity index (χ4n) is 1.77. The highest BCUT2D eigenvalue weighted by atomic mass is 32.2. The maximum absolute atomic E-state index is 11.7. The molecule has 0 bridgehead atoms. The van der Waals surface area contributed by atoms with Crippen LogP contribution in [0, 0.1) is 0 Å². The van der Waals surface area contributed by atoms with Crippen LogP contribution in [-0.2, 0) is 19.7 Å². The summed E-state index contributed by atoms with van der Waals surface area (Å²) >= 11 is 0. The molecule has 1 aliphatic heterocycles. The average molecular weight is 282 g/mol. The van der Waals surface area contributed by atoms with Gasteiger partial charge in [-0.05, 0) is 12.1 Å². The van der Waals surface area contributed by atoms with E-state index >= 15 is 0 Å². The van der Waals surface area contributed by atoms with Gasteiger partial charge in [0.1, 0.15) is 0 Å². The van der Waals surface area contributed by atoms with Crippen LogP contribution in [0.25, 0.3) is 5.57 Å². The van der Waals surface area contributed by atoms with Gasteiger partial charge in [0.25, 0.3) is 16.0 Å². The summed E-state index contributed by atoms with van der Waals surface area (Å²) in [6.07, 6.45) is 0.846. The molecular formula is C11H10N2O5S. The Morgan fingerprint density at radius 3 is 2.58 bits per heavy atom. The van der Waals surface area contributed by atoms with E-state index in [9.17, 15) is 18.0 Å². The van der Waals surface area contributed by atoms with Gasteiger partial charge in [0.15, 0.2) is 5.25 Å². The Morgan fingerprint density at radius 2 is 2.00 bits per heavy atom. The molecule has 0 saturated carbocycles. The summed E-state index contributed by atoms with van der Waals surface area (Å²) in [6.45, 7) is 0. The summed E-state index contributed by atoms with van der Waals surface area (Å²) in [6, 6.07) is 6.55. The van der Waals surface area contributed by atoms with E-state index in [4.69, 9.17) is 10.3 Å². The number of benzene rings is 1. The first-order chi connectivity index (χ1) is 8.80. The maximum Gasteiger partial charge on any atom is 0.280 e. The second-order valence-corrected chi connectivity index (χ2v) is 5.46. The molecule has 100 valence electrons. The van der Waals surface area contributed by atoms with Crippen LogP contribution < -0.4 is 11.1 Å². The van der Waals surface area contributed by atoms with E-state index in [1.54, 1.807) is 24.3 Å². The van der Waals surface area contributed by atoms with Gasteiger partial charge in [-0.1, -0.05) is 18.2 Å². The summed E-state index contributed by atoms with van der Waals surface area (Å²) in [4.78, 5) is 22.8. The van der Waals surface area contributed by atoms with Crippen LogP contribution >= 0.6 is 0 Å². The molecule has 0 fully saturated rings. The molecule has 1 atom stereocenters. The smallest absolute Gasteiger partial charge is 0.280 e. The molecule has 1 heterocycles. The Morgan fingerprint density at radius 1 is 1.37 bits per heavy atom. The number of hydrogen-bond acceptors (Lipinski definition) is 4. The lowest BCUT2D eigenvalue weighted by Crippen LogP contribution is -2.34. The predicted octanol–water partition coefficient (Wildman–Crippen LogP) is -0.236. The lowest BCUT2D eigenvalue weighted by molar-refractivity contribution is -0.117. The van der Waals surface area contributed by atoms with Gasteiger partial charge >= 0.3 is 0 Å². The molecule has 1 aromatic carbocycles.